The average Bonchev–Trinajstić information content (AvgIpc) is 3.09. The molecule has 49 heavy (non-hydrogen) atoms. The maximum Gasteiger partial charge on any atom is 0.331 e. The number of hydrogen-bond donors (Lipinski definition) is 4. The Morgan fingerprint density at radius 3 is 1.16 bits per heavy atom. The number of carbonyl (C=O) groups is 4. The number of hydrogen-bond acceptors (Lipinski definition) is 8. The molecule has 0 aliphatic heterocycles. The molecule has 0 unspecified atom stereocenters. The molecule has 0 heterocycles. The summed E-state index contributed by atoms with van der Waals surface area (Å²) in [5, 5.41) is 23.3. The number of nitrogens with one attached hydrogen (secondary N) is 1. The molecule has 1 amide bonds. The van der Waals surface area contributed by atoms with Crippen LogP contribution in [0.4, 0.5) is 0 Å². The van der Waals surface area contributed by atoms with E-state index in [2.05, 4.69) is 31.8 Å². The van der Waals surface area contributed by atoms with Gasteiger partial charge in [0.15, 0.2) is 11.6 Å². The fourth-order valence-corrected chi connectivity index (χ4v) is 6.71. The zero-order valence-corrected chi connectivity index (χ0v) is 32.6. The van der Waals surface area contributed by atoms with Gasteiger partial charge in [-0.1, -0.05) is 168 Å². The van der Waals surface area contributed by atoms with Gasteiger partial charge in [0.1, 0.15) is 12.1 Å². The summed E-state index contributed by atoms with van der Waals surface area (Å²) in [5.74, 6) is -3.06. The van der Waals surface area contributed by atoms with Gasteiger partial charge in [-0.2, -0.15) is 12.6 Å². The summed E-state index contributed by atoms with van der Waals surface area (Å²) in [6.07, 6.45) is 27.5. The normalized spacial score (nSPS) is 12.9. The lowest BCUT2D eigenvalue weighted by Gasteiger charge is -2.35. The Bertz CT molecular complexity index is 810. The molecule has 0 saturated carbocycles. The van der Waals surface area contributed by atoms with Gasteiger partial charge in [0.25, 0.3) is 5.60 Å². The van der Waals surface area contributed by atoms with Crippen LogP contribution in [0.2, 0.25) is 0 Å². The molecular formula is C40H75NO7S. The predicted octanol–water partition coefficient (Wildman–Crippen LogP) is 9.16. The van der Waals surface area contributed by atoms with E-state index in [1.165, 1.54) is 110 Å². The smallest absolute Gasteiger partial charge is 0.331 e. The van der Waals surface area contributed by atoms with Gasteiger partial charge in [-0.15, -0.1) is 0 Å². The number of thiol groups is 1. The Morgan fingerprint density at radius 1 is 0.592 bits per heavy atom. The molecule has 3 N–H and O–H groups in total. The van der Waals surface area contributed by atoms with Gasteiger partial charge in [0.05, 0.1) is 6.61 Å². The highest BCUT2D eigenvalue weighted by atomic mass is 32.1. The number of aliphatic hydroxyl groups is 2. The minimum Gasteiger partial charge on any atom is -0.438 e. The SMILES string of the molecule is CCCCCCCCCCCCCCCC(=O)C(OC(=O)[C@H](CS)NC(C)=O)(C(=O)CCCCCCCCCCCCCCC)[C@@H](O)CO. The van der Waals surface area contributed by atoms with Gasteiger partial charge in [0.2, 0.25) is 5.91 Å². The molecular weight excluding hydrogens is 639 g/mol. The molecule has 0 aliphatic carbocycles. The van der Waals surface area contributed by atoms with E-state index in [4.69, 9.17) is 4.74 Å². The second kappa shape index (κ2) is 32.5. The lowest BCUT2D eigenvalue weighted by molar-refractivity contribution is -0.189. The standard InChI is InChI=1S/C40H75NO7S/c1-4-6-8-10-12-14-16-18-20-22-24-26-28-30-36(44)40(38(46)32-42,48-39(47)35(33-49)41-34(3)43)37(45)31-29-27-25-23-21-19-17-15-13-11-9-7-5-2/h35,38,42,46,49H,4-33H2,1-3H3,(H,41,43)/t35-,38-/m0/s1. The van der Waals surface area contributed by atoms with Crippen molar-refractivity contribution in [2.45, 2.75) is 218 Å². The Balaban J connectivity index is 5.02. The second-order valence-electron chi connectivity index (χ2n) is 14.1. The summed E-state index contributed by atoms with van der Waals surface area (Å²) in [6, 6.07) is -1.21. The topological polar surface area (TPSA) is 130 Å². The van der Waals surface area contributed by atoms with E-state index in [0.717, 1.165) is 51.4 Å². The third kappa shape index (κ3) is 22.9. The van der Waals surface area contributed by atoms with Crippen LogP contribution in [0.5, 0.6) is 0 Å². The van der Waals surface area contributed by atoms with Crippen molar-refractivity contribution < 1.29 is 34.1 Å². The number of rotatable bonds is 36. The number of ether oxygens (including phenoxy) is 1. The van der Waals surface area contributed by atoms with E-state index < -0.39 is 47.8 Å². The number of unbranched alkanes of at least 4 members (excludes halogenated alkanes) is 24. The Kier molecular flexibility index (Phi) is 31.5. The van der Waals surface area contributed by atoms with Crippen LogP contribution in [0.1, 0.15) is 201 Å². The van der Waals surface area contributed by atoms with Crippen LogP contribution in [0.3, 0.4) is 0 Å². The largest absolute Gasteiger partial charge is 0.438 e. The molecule has 8 nitrogen and oxygen atoms in total. The fourth-order valence-electron chi connectivity index (χ4n) is 6.47. The third-order valence-corrected chi connectivity index (χ3v) is 9.96. The number of esters is 1. The van der Waals surface area contributed by atoms with E-state index >= 15 is 0 Å². The van der Waals surface area contributed by atoms with E-state index in [-0.39, 0.29) is 18.6 Å². The molecule has 0 radical (unpaired) electrons. The zero-order chi connectivity index (χ0) is 36.6. The number of aliphatic hydroxyl groups excluding tert-OH is 2. The monoisotopic (exact) mass is 714 g/mol. The number of ketones is 2. The van der Waals surface area contributed by atoms with E-state index in [0.29, 0.717) is 12.8 Å². The minimum atomic E-state index is -2.51. The highest BCUT2D eigenvalue weighted by Crippen LogP contribution is 2.27. The maximum absolute atomic E-state index is 13.7. The predicted molar refractivity (Wildman–Crippen MR) is 204 cm³/mol. The van der Waals surface area contributed by atoms with Crippen molar-refractivity contribution in [1.29, 1.82) is 0 Å². The van der Waals surface area contributed by atoms with Crippen molar-refractivity contribution in [3.05, 3.63) is 0 Å². The third-order valence-electron chi connectivity index (χ3n) is 9.59. The van der Waals surface area contributed by atoms with Crippen LogP contribution in [-0.2, 0) is 23.9 Å². The molecule has 0 bridgehead atoms. The van der Waals surface area contributed by atoms with E-state index in [9.17, 15) is 29.4 Å². The second-order valence-corrected chi connectivity index (χ2v) is 14.5. The average molecular weight is 714 g/mol. The van der Waals surface area contributed by atoms with Crippen molar-refractivity contribution in [1.82, 2.24) is 5.32 Å². The van der Waals surface area contributed by atoms with Crippen molar-refractivity contribution >= 4 is 36.1 Å². The molecule has 9 heteroatoms. The first kappa shape index (κ1) is 47.5. The summed E-state index contributed by atoms with van der Waals surface area (Å²) in [4.78, 5) is 52.3. The highest BCUT2D eigenvalue weighted by molar-refractivity contribution is 7.80. The molecule has 288 valence electrons. The molecule has 0 aromatic carbocycles. The molecule has 0 aromatic heterocycles. The lowest BCUT2D eigenvalue weighted by Crippen LogP contribution is -2.62. The summed E-state index contributed by atoms with van der Waals surface area (Å²) >= 11 is 4.13. The van der Waals surface area contributed by atoms with Crippen LogP contribution in [0.25, 0.3) is 0 Å². The highest BCUT2D eigenvalue weighted by Gasteiger charge is 2.54. The van der Waals surface area contributed by atoms with Crippen molar-refractivity contribution in [2.24, 2.45) is 0 Å². The van der Waals surface area contributed by atoms with Crippen LogP contribution in [0.15, 0.2) is 0 Å². The van der Waals surface area contributed by atoms with Gasteiger partial charge in [-0.25, -0.2) is 4.79 Å². The molecule has 0 fully saturated rings. The Hall–Kier alpha value is -1.45. The van der Waals surface area contributed by atoms with E-state index in [1.807, 2.05) is 0 Å². The summed E-state index contributed by atoms with van der Waals surface area (Å²) < 4.78 is 5.58. The van der Waals surface area contributed by atoms with Gasteiger partial charge < -0.3 is 20.3 Å². The minimum absolute atomic E-state index is 0.0574. The lowest BCUT2D eigenvalue weighted by atomic mass is 9.82. The fraction of sp³-hybridized carbons (Fsp3) is 0.900. The molecule has 0 aromatic rings. The first-order valence-electron chi connectivity index (χ1n) is 20.2. The number of amides is 1. The van der Waals surface area contributed by atoms with E-state index in [1.54, 1.807) is 0 Å². The Labute approximate surface area is 305 Å². The maximum atomic E-state index is 13.7. The van der Waals surface area contributed by atoms with Crippen LogP contribution < -0.4 is 5.32 Å². The van der Waals surface area contributed by atoms with Gasteiger partial charge in [0, 0.05) is 25.5 Å². The Morgan fingerprint density at radius 2 is 0.898 bits per heavy atom. The summed E-state index contributed by atoms with van der Waals surface area (Å²) in [5.41, 5.74) is -2.51. The van der Waals surface area contributed by atoms with Gasteiger partial charge in [-0.05, 0) is 12.8 Å². The van der Waals surface area contributed by atoms with Crippen LogP contribution in [-0.4, -0.2) is 63.8 Å². The van der Waals surface area contributed by atoms with Crippen molar-refractivity contribution in [3.8, 4) is 0 Å². The molecule has 0 rings (SSSR count). The molecule has 2 atom stereocenters. The number of carbonyl (C=O) groups excluding carboxylic acids is 4. The first-order chi connectivity index (χ1) is 23.7. The molecule has 0 saturated heterocycles. The number of Topliss-reactive ketones (excluding diaryl/α,β-unsaturated/α-hetero) is 2. The summed E-state index contributed by atoms with van der Waals surface area (Å²) in [6.45, 7) is 4.78. The van der Waals surface area contributed by atoms with Gasteiger partial charge >= 0.3 is 5.97 Å². The van der Waals surface area contributed by atoms with Crippen LogP contribution >= 0.6 is 12.6 Å². The van der Waals surface area contributed by atoms with Crippen molar-refractivity contribution in [2.75, 3.05) is 12.4 Å². The summed E-state index contributed by atoms with van der Waals surface area (Å²) in [7, 11) is 0. The van der Waals surface area contributed by atoms with Crippen molar-refractivity contribution in [3.63, 3.8) is 0 Å². The van der Waals surface area contributed by atoms with Gasteiger partial charge in [-0.3, -0.25) is 14.4 Å². The van der Waals surface area contributed by atoms with Crippen LogP contribution in [0, 0.1) is 0 Å². The zero-order valence-electron chi connectivity index (χ0n) is 31.8. The molecule has 0 aliphatic rings. The quantitative estimate of drug-likeness (QED) is 0.0221. The molecule has 0 spiro atoms. The first-order valence-corrected chi connectivity index (χ1v) is 20.8.